The van der Waals surface area contributed by atoms with Crippen molar-refractivity contribution < 1.29 is 8.94 Å². The molecule has 0 aliphatic rings. The lowest BCUT2D eigenvalue weighted by Gasteiger charge is -2.14. The minimum atomic E-state index is 0.488. The van der Waals surface area contributed by atoms with Crippen LogP contribution in [-0.2, 0) is 13.1 Å². The van der Waals surface area contributed by atoms with E-state index in [1.165, 1.54) is 0 Å². The van der Waals surface area contributed by atoms with Gasteiger partial charge >= 0.3 is 0 Å². The van der Waals surface area contributed by atoms with Crippen molar-refractivity contribution in [2.24, 2.45) is 0 Å². The van der Waals surface area contributed by atoms with Gasteiger partial charge in [0.15, 0.2) is 5.76 Å². The topological polar surface area (TPSA) is 73.1 Å². The lowest BCUT2D eigenvalue weighted by atomic mass is 10.3. The van der Waals surface area contributed by atoms with Crippen molar-refractivity contribution in [3.05, 3.63) is 42.5 Å². The maximum Gasteiger partial charge on any atom is 0.241 e. The Morgan fingerprint density at radius 1 is 1.36 bits per heavy atom. The lowest BCUT2D eigenvalue weighted by molar-refractivity contribution is 0.260. The van der Waals surface area contributed by atoms with Gasteiger partial charge in [-0.1, -0.05) is 5.16 Å². The summed E-state index contributed by atoms with van der Waals surface area (Å²) in [5, 5.41) is 3.93. The van der Waals surface area contributed by atoms with Crippen molar-refractivity contribution in [2.45, 2.75) is 26.4 Å². The van der Waals surface area contributed by atoms with Crippen molar-refractivity contribution in [2.75, 3.05) is 13.6 Å². The molecule has 0 bridgehead atoms. The average Bonchev–Trinajstić information content (AvgIpc) is 3.21. The Labute approximate surface area is 128 Å². The van der Waals surface area contributed by atoms with E-state index in [2.05, 4.69) is 24.6 Å². The summed E-state index contributed by atoms with van der Waals surface area (Å²) >= 11 is 0. The van der Waals surface area contributed by atoms with Gasteiger partial charge < -0.3 is 13.5 Å². The van der Waals surface area contributed by atoms with Gasteiger partial charge in [0.25, 0.3) is 0 Å². The van der Waals surface area contributed by atoms with Crippen LogP contribution >= 0.6 is 0 Å². The standard InChI is InChI=1S/C15H19N5O2/c1-12-16-6-9-20(12)8-4-7-19(2)11-14-17-15(18-22-14)13-5-3-10-21-13/h3,5-6,9-10H,4,7-8,11H2,1-2H3. The van der Waals surface area contributed by atoms with Crippen LogP contribution in [0.15, 0.2) is 39.7 Å². The molecule has 22 heavy (non-hydrogen) atoms. The fraction of sp³-hybridized carbons (Fsp3) is 0.400. The number of hydrogen-bond donors (Lipinski definition) is 0. The van der Waals surface area contributed by atoms with E-state index in [0.717, 1.165) is 25.3 Å². The molecule has 116 valence electrons. The molecule has 0 amide bonds. The highest BCUT2D eigenvalue weighted by molar-refractivity contribution is 5.44. The van der Waals surface area contributed by atoms with E-state index in [0.29, 0.717) is 24.0 Å². The van der Waals surface area contributed by atoms with E-state index in [1.54, 1.807) is 12.3 Å². The van der Waals surface area contributed by atoms with Crippen LogP contribution < -0.4 is 0 Å². The van der Waals surface area contributed by atoms with Gasteiger partial charge in [0.2, 0.25) is 11.7 Å². The highest BCUT2D eigenvalue weighted by atomic mass is 16.5. The number of hydrogen-bond acceptors (Lipinski definition) is 6. The van der Waals surface area contributed by atoms with Crippen molar-refractivity contribution in [3.63, 3.8) is 0 Å². The Kier molecular flexibility index (Phi) is 4.34. The number of nitrogens with zero attached hydrogens (tertiary/aromatic N) is 5. The molecule has 3 rings (SSSR count). The van der Waals surface area contributed by atoms with Gasteiger partial charge in [0.1, 0.15) is 5.82 Å². The molecule has 7 heteroatoms. The molecule has 0 spiro atoms. The summed E-state index contributed by atoms with van der Waals surface area (Å²) in [4.78, 5) is 10.7. The molecule has 0 atom stereocenters. The third kappa shape index (κ3) is 3.43. The van der Waals surface area contributed by atoms with E-state index in [-0.39, 0.29) is 0 Å². The monoisotopic (exact) mass is 301 g/mol. The van der Waals surface area contributed by atoms with Crippen LogP contribution in [0.1, 0.15) is 18.1 Å². The summed E-state index contributed by atoms with van der Waals surface area (Å²) in [7, 11) is 2.04. The molecule has 0 aliphatic heterocycles. The first-order chi connectivity index (χ1) is 10.7. The Morgan fingerprint density at radius 3 is 3.00 bits per heavy atom. The van der Waals surface area contributed by atoms with Crippen LogP contribution in [0.5, 0.6) is 0 Å². The molecule has 0 saturated heterocycles. The number of rotatable bonds is 7. The van der Waals surface area contributed by atoms with Crippen LogP contribution in [-0.4, -0.2) is 38.2 Å². The van der Waals surface area contributed by atoms with Gasteiger partial charge in [-0.3, -0.25) is 4.90 Å². The van der Waals surface area contributed by atoms with Crippen molar-refractivity contribution in [1.29, 1.82) is 0 Å². The highest BCUT2D eigenvalue weighted by Crippen LogP contribution is 2.16. The number of aryl methyl sites for hydroxylation is 2. The summed E-state index contributed by atoms with van der Waals surface area (Å²) in [6.07, 6.45) is 6.46. The van der Waals surface area contributed by atoms with Crippen molar-refractivity contribution in [1.82, 2.24) is 24.6 Å². The Hall–Kier alpha value is -2.41. The summed E-state index contributed by atoms with van der Waals surface area (Å²) in [6.45, 7) is 4.53. The molecule has 0 aliphatic carbocycles. The maximum atomic E-state index is 5.25. The summed E-state index contributed by atoms with van der Waals surface area (Å²) in [5.41, 5.74) is 0. The van der Waals surface area contributed by atoms with Gasteiger partial charge in [0, 0.05) is 25.5 Å². The van der Waals surface area contributed by atoms with Gasteiger partial charge in [-0.05, 0) is 32.5 Å². The molecular formula is C15H19N5O2. The molecule has 0 unspecified atom stereocenters. The largest absolute Gasteiger partial charge is 0.461 e. The Bertz CT molecular complexity index is 701. The minimum absolute atomic E-state index is 0.488. The second-order valence-electron chi connectivity index (χ2n) is 5.25. The second-order valence-corrected chi connectivity index (χ2v) is 5.25. The summed E-state index contributed by atoms with van der Waals surface area (Å²) in [6, 6.07) is 3.61. The smallest absolute Gasteiger partial charge is 0.241 e. The zero-order valence-electron chi connectivity index (χ0n) is 12.8. The fourth-order valence-corrected chi connectivity index (χ4v) is 2.29. The van der Waals surface area contributed by atoms with Gasteiger partial charge in [-0.15, -0.1) is 0 Å². The molecule has 0 aromatic carbocycles. The lowest BCUT2D eigenvalue weighted by Crippen LogP contribution is -2.20. The van der Waals surface area contributed by atoms with Crippen molar-refractivity contribution >= 4 is 0 Å². The van der Waals surface area contributed by atoms with Crippen LogP contribution in [0.4, 0.5) is 0 Å². The number of furan rings is 1. The van der Waals surface area contributed by atoms with E-state index >= 15 is 0 Å². The van der Waals surface area contributed by atoms with Gasteiger partial charge in [-0.2, -0.15) is 4.98 Å². The van der Waals surface area contributed by atoms with E-state index < -0.39 is 0 Å². The number of imidazole rings is 1. The molecule has 3 aromatic heterocycles. The summed E-state index contributed by atoms with van der Waals surface area (Å²) < 4.78 is 12.6. The van der Waals surface area contributed by atoms with Crippen LogP contribution in [0, 0.1) is 6.92 Å². The Morgan fingerprint density at radius 2 is 2.27 bits per heavy atom. The second kappa shape index (κ2) is 6.57. The predicted molar refractivity (Wildman–Crippen MR) is 79.9 cm³/mol. The third-order valence-corrected chi connectivity index (χ3v) is 3.48. The summed E-state index contributed by atoms with van der Waals surface area (Å²) in [5.74, 6) is 2.74. The molecule has 3 aromatic rings. The first kappa shape index (κ1) is 14.5. The van der Waals surface area contributed by atoms with Gasteiger partial charge in [0.05, 0.1) is 12.8 Å². The normalized spacial score (nSPS) is 11.4. The molecule has 7 nitrogen and oxygen atoms in total. The first-order valence-corrected chi connectivity index (χ1v) is 7.25. The SMILES string of the molecule is Cc1nccn1CCCN(C)Cc1nc(-c2ccco2)no1. The third-order valence-electron chi connectivity index (χ3n) is 3.48. The zero-order valence-corrected chi connectivity index (χ0v) is 12.8. The molecule has 3 heterocycles. The minimum Gasteiger partial charge on any atom is -0.461 e. The number of aromatic nitrogens is 4. The van der Waals surface area contributed by atoms with Crippen LogP contribution in [0.25, 0.3) is 11.6 Å². The van der Waals surface area contributed by atoms with E-state index in [9.17, 15) is 0 Å². The molecule has 0 saturated carbocycles. The van der Waals surface area contributed by atoms with E-state index in [1.807, 2.05) is 32.4 Å². The Balaban J connectivity index is 1.47. The molecular weight excluding hydrogens is 282 g/mol. The fourth-order valence-electron chi connectivity index (χ4n) is 2.29. The molecule has 0 radical (unpaired) electrons. The van der Waals surface area contributed by atoms with Crippen LogP contribution in [0.3, 0.4) is 0 Å². The van der Waals surface area contributed by atoms with E-state index in [4.69, 9.17) is 8.94 Å². The maximum absolute atomic E-state index is 5.25. The zero-order chi connectivity index (χ0) is 15.4. The average molecular weight is 301 g/mol. The first-order valence-electron chi connectivity index (χ1n) is 7.25. The quantitative estimate of drug-likeness (QED) is 0.667. The van der Waals surface area contributed by atoms with Gasteiger partial charge in [-0.25, -0.2) is 4.98 Å². The highest BCUT2D eigenvalue weighted by Gasteiger charge is 2.12. The molecule has 0 fully saturated rings. The predicted octanol–water partition coefficient (Wildman–Crippen LogP) is 2.36. The van der Waals surface area contributed by atoms with Crippen LogP contribution in [0.2, 0.25) is 0 Å². The molecule has 0 N–H and O–H groups in total. The van der Waals surface area contributed by atoms with Crippen molar-refractivity contribution in [3.8, 4) is 11.6 Å².